The average molecular weight is 463 g/mol. The van der Waals surface area contributed by atoms with Gasteiger partial charge in [-0.05, 0) is 54.4 Å². The number of likely N-dealkylation sites (tertiary alicyclic amines) is 1. The van der Waals surface area contributed by atoms with Crippen LogP contribution in [0.15, 0.2) is 48.5 Å². The molecular formula is C27H30N2O5. The lowest BCUT2D eigenvalue weighted by Crippen LogP contribution is -2.53. The zero-order valence-corrected chi connectivity index (χ0v) is 19.1. The Morgan fingerprint density at radius 3 is 2.26 bits per heavy atom. The van der Waals surface area contributed by atoms with Crippen LogP contribution in [0.4, 0.5) is 4.79 Å². The molecule has 0 spiro atoms. The fourth-order valence-corrected chi connectivity index (χ4v) is 5.88. The fraction of sp³-hybridized carbons (Fsp3) is 0.444. The van der Waals surface area contributed by atoms with E-state index in [2.05, 4.69) is 29.6 Å². The standard InChI is InChI=1S/C27H30N2O5/c30-25(29-15-6-5-14-24(29)26(31)32)21-12-7-13-23(21)28-27(33)34-16-22-19-10-3-1-8-17(19)18-9-2-4-11-20(18)22/h1-4,8-11,21-24H,5-7,12-16H2,(H,28,33)(H,31,32)/t21-,23+,24?/m0/s1. The Morgan fingerprint density at radius 1 is 0.912 bits per heavy atom. The molecule has 1 saturated carbocycles. The number of carboxylic acids is 1. The van der Waals surface area contributed by atoms with Gasteiger partial charge in [-0.1, -0.05) is 55.0 Å². The maximum absolute atomic E-state index is 13.2. The summed E-state index contributed by atoms with van der Waals surface area (Å²) in [6, 6.07) is 15.3. The van der Waals surface area contributed by atoms with Gasteiger partial charge in [-0.25, -0.2) is 9.59 Å². The summed E-state index contributed by atoms with van der Waals surface area (Å²) in [5.41, 5.74) is 4.64. The number of benzene rings is 2. The number of alkyl carbamates (subject to hydrolysis) is 1. The van der Waals surface area contributed by atoms with Crippen LogP contribution < -0.4 is 5.32 Å². The number of nitrogens with one attached hydrogen (secondary N) is 1. The lowest BCUT2D eigenvalue weighted by atomic mass is 9.96. The molecular weight excluding hydrogens is 432 g/mol. The molecule has 2 fully saturated rings. The number of amides is 2. The molecule has 2 amide bonds. The van der Waals surface area contributed by atoms with Gasteiger partial charge in [0.2, 0.25) is 5.91 Å². The number of hydrogen-bond acceptors (Lipinski definition) is 4. The lowest BCUT2D eigenvalue weighted by molar-refractivity contribution is -0.154. The van der Waals surface area contributed by atoms with E-state index in [1.54, 1.807) is 0 Å². The van der Waals surface area contributed by atoms with Crippen molar-refractivity contribution in [2.75, 3.05) is 13.2 Å². The minimum atomic E-state index is -0.952. The Bertz CT molecular complexity index is 1050. The number of carbonyl (C=O) groups is 3. The molecule has 3 atom stereocenters. The van der Waals surface area contributed by atoms with Gasteiger partial charge in [0, 0.05) is 18.5 Å². The summed E-state index contributed by atoms with van der Waals surface area (Å²) >= 11 is 0. The number of rotatable bonds is 5. The third-order valence-electron chi connectivity index (χ3n) is 7.55. The van der Waals surface area contributed by atoms with Crippen LogP contribution in [0.2, 0.25) is 0 Å². The summed E-state index contributed by atoms with van der Waals surface area (Å²) in [5, 5.41) is 12.5. The molecule has 3 aliphatic rings. The van der Waals surface area contributed by atoms with Crippen molar-refractivity contribution >= 4 is 18.0 Å². The predicted octanol–water partition coefficient (Wildman–Crippen LogP) is 4.16. The Balaban J connectivity index is 1.23. The second-order valence-corrected chi connectivity index (χ2v) is 9.50. The number of ether oxygens (including phenoxy) is 1. The smallest absolute Gasteiger partial charge is 0.407 e. The van der Waals surface area contributed by atoms with E-state index in [0.29, 0.717) is 25.8 Å². The van der Waals surface area contributed by atoms with Gasteiger partial charge in [-0.3, -0.25) is 4.79 Å². The van der Waals surface area contributed by atoms with Crippen LogP contribution >= 0.6 is 0 Å². The molecule has 1 heterocycles. The first-order chi connectivity index (χ1) is 16.5. The van der Waals surface area contributed by atoms with Crippen molar-refractivity contribution in [1.29, 1.82) is 0 Å². The van der Waals surface area contributed by atoms with E-state index in [-0.39, 0.29) is 24.5 Å². The zero-order chi connectivity index (χ0) is 23.7. The first-order valence-corrected chi connectivity index (χ1v) is 12.2. The second-order valence-electron chi connectivity index (χ2n) is 9.50. The van der Waals surface area contributed by atoms with Gasteiger partial charge in [0.1, 0.15) is 12.6 Å². The highest BCUT2D eigenvalue weighted by molar-refractivity contribution is 5.86. The quantitative estimate of drug-likeness (QED) is 0.696. The van der Waals surface area contributed by atoms with Crippen molar-refractivity contribution in [2.24, 2.45) is 5.92 Å². The highest BCUT2D eigenvalue weighted by Gasteiger charge is 2.41. The van der Waals surface area contributed by atoms with Crippen LogP contribution in [-0.2, 0) is 14.3 Å². The van der Waals surface area contributed by atoms with Crippen molar-refractivity contribution in [3.8, 4) is 11.1 Å². The predicted molar refractivity (Wildman–Crippen MR) is 126 cm³/mol. The van der Waals surface area contributed by atoms with E-state index in [4.69, 9.17) is 4.74 Å². The van der Waals surface area contributed by atoms with Crippen LogP contribution in [0, 0.1) is 5.92 Å². The molecule has 7 nitrogen and oxygen atoms in total. The first-order valence-electron chi connectivity index (χ1n) is 12.2. The number of hydrogen-bond donors (Lipinski definition) is 2. The molecule has 5 rings (SSSR count). The average Bonchev–Trinajstić information content (AvgIpc) is 3.44. The van der Waals surface area contributed by atoms with Gasteiger partial charge in [-0.15, -0.1) is 0 Å². The van der Waals surface area contributed by atoms with E-state index >= 15 is 0 Å². The molecule has 1 saturated heterocycles. The van der Waals surface area contributed by atoms with E-state index in [1.807, 2.05) is 24.3 Å². The summed E-state index contributed by atoms with van der Waals surface area (Å²) in [4.78, 5) is 39.1. The van der Waals surface area contributed by atoms with E-state index < -0.39 is 24.0 Å². The Morgan fingerprint density at radius 2 is 1.59 bits per heavy atom. The fourth-order valence-electron chi connectivity index (χ4n) is 5.88. The zero-order valence-electron chi connectivity index (χ0n) is 19.1. The summed E-state index contributed by atoms with van der Waals surface area (Å²) in [7, 11) is 0. The molecule has 2 N–H and O–H groups in total. The monoisotopic (exact) mass is 462 g/mol. The summed E-state index contributed by atoms with van der Waals surface area (Å²) in [5.74, 6) is -1.54. The van der Waals surface area contributed by atoms with Crippen molar-refractivity contribution in [2.45, 2.75) is 56.5 Å². The second kappa shape index (κ2) is 9.49. The first kappa shape index (κ1) is 22.4. The highest BCUT2D eigenvalue weighted by Crippen LogP contribution is 2.44. The molecule has 34 heavy (non-hydrogen) atoms. The van der Waals surface area contributed by atoms with E-state index in [0.717, 1.165) is 30.4 Å². The van der Waals surface area contributed by atoms with Crippen LogP contribution in [0.3, 0.4) is 0 Å². The van der Waals surface area contributed by atoms with Gasteiger partial charge < -0.3 is 20.1 Å². The topological polar surface area (TPSA) is 95.9 Å². The Hall–Kier alpha value is -3.35. The molecule has 0 radical (unpaired) electrons. The van der Waals surface area contributed by atoms with Crippen LogP contribution in [-0.4, -0.2) is 53.2 Å². The van der Waals surface area contributed by atoms with E-state index in [9.17, 15) is 19.5 Å². The van der Waals surface area contributed by atoms with Gasteiger partial charge >= 0.3 is 12.1 Å². The van der Waals surface area contributed by atoms with Crippen molar-refractivity contribution in [1.82, 2.24) is 10.2 Å². The largest absolute Gasteiger partial charge is 0.480 e. The van der Waals surface area contributed by atoms with Crippen LogP contribution in [0.5, 0.6) is 0 Å². The van der Waals surface area contributed by atoms with Crippen LogP contribution in [0.1, 0.15) is 55.6 Å². The number of nitrogens with zero attached hydrogens (tertiary/aromatic N) is 1. The number of fused-ring (bicyclic) bond motifs is 3. The molecule has 2 aliphatic carbocycles. The molecule has 0 aromatic heterocycles. The molecule has 2 aromatic rings. The normalized spacial score (nSPS) is 23.8. The minimum absolute atomic E-state index is 0.0242. The number of carboxylic acid groups (broad SMARTS) is 1. The molecule has 1 aliphatic heterocycles. The third-order valence-corrected chi connectivity index (χ3v) is 7.55. The summed E-state index contributed by atoms with van der Waals surface area (Å²) < 4.78 is 5.67. The Labute approximate surface area is 199 Å². The van der Waals surface area contributed by atoms with Crippen molar-refractivity contribution < 1.29 is 24.2 Å². The highest BCUT2D eigenvalue weighted by atomic mass is 16.5. The van der Waals surface area contributed by atoms with Crippen LogP contribution in [0.25, 0.3) is 11.1 Å². The summed E-state index contributed by atoms with van der Waals surface area (Å²) in [6.45, 7) is 0.683. The molecule has 178 valence electrons. The van der Waals surface area contributed by atoms with E-state index in [1.165, 1.54) is 16.0 Å². The lowest BCUT2D eigenvalue weighted by Gasteiger charge is -2.36. The molecule has 0 bridgehead atoms. The molecule has 2 aromatic carbocycles. The molecule has 1 unspecified atom stereocenters. The minimum Gasteiger partial charge on any atom is -0.480 e. The third kappa shape index (κ3) is 4.15. The molecule has 7 heteroatoms. The van der Waals surface area contributed by atoms with Gasteiger partial charge in [0.05, 0.1) is 5.92 Å². The number of carbonyl (C=O) groups excluding carboxylic acids is 2. The SMILES string of the molecule is O=C(N[C@@H]1CCC[C@@H]1C(=O)N1CCCCC1C(=O)O)OCC1c2ccccc2-c2ccccc21. The van der Waals surface area contributed by atoms with Crippen molar-refractivity contribution in [3.63, 3.8) is 0 Å². The van der Waals surface area contributed by atoms with Gasteiger partial charge in [0.15, 0.2) is 0 Å². The number of aliphatic carboxylic acids is 1. The maximum Gasteiger partial charge on any atom is 0.407 e. The maximum atomic E-state index is 13.2. The Kier molecular flexibility index (Phi) is 6.26. The van der Waals surface area contributed by atoms with Crippen molar-refractivity contribution in [3.05, 3.63) is 59.7 Å². The summed E-state index contributed by atoms with van der Waals surface area (Å²) in [6.07, 6.45) is 3.73. The van der Waals surface area contributed by atoms with Gasteiger partial charge in [0.25, 0.3) is 0 Å². The van der Waals surface area contributed by atoms with Gasteiger partial charge in [-0.2, -0.15) is 0 Å². The number of piperidine rings is 1.